The lowest BCUT2D eigenvalue weighted by Crippen LogP contribution is -2.35. The Kier molecular flexibility index (Phi) is 4.88. The topological polar surface area (TPSA) is 49.4 Å². The van der Waals surface area contributed by atoms with Crippen molar-refractivity contribution in [2.24, 2.45) is 0 Å². The van der Waals surface area contributed by atoms with E-state index in [1.807, 2.05) is 48.5 Å². The third-order valence-corrected chi connectivity index (χ3v) is 6.72. The average molecular weight is 522 g/mol. The van der Waals surface area contributed by atoms with Crippen molar-refractivity contribution in [3.63, 3.8) is 0 Å². The first-order chi connectivity index (χ1) is 14.6. The fourth-order valence-corrected chi connectivity index (χ4v) is 4.71. The number of carbonyl (C=O) groups excluding carboxylic acids is 2. The van der Waals surface area contributed by atoms with Crippen LogP contribution in [0.1, 0.15) is 4.88 Å². The molecule has 1 saturated heterocycles. The molecule has 1 aromatic heterocycles. The number of anilines is 1. The van der Waals surface area contributed by atoms with Gasteiger partial charge in [0, 0.05) is 13.3 Å². The molecule has 3 aromatic carbocycles. The van der Waals surface area contributed by atoms with Gasteiger partial charge < -0.3 is 0 Å². The van der Waals surface area contributed by atoms with Crippen LogP contribution < -0.4 is 10.4 Å². The van der Waals surface area contributed by atoms with Gasteiger partial charge in [-0.25, -0.2) is 5.01 Å². The Morgan fingerprint density at radius 2 is 1.63 bits per heavy atom. The lowest BCUT2D eigenvalue weighted by molar-refractivity contribution is -0.117. The van der Waals surface area contributed by atoms with E-state index >= 15 is 0 Å². The number of hydrazine groups is 1. The molecule has 2 amide bonds. The Labute approximate surface area is 190 Å². The smallest absolute Gasteiger partial charge is 0.267 e. The maximum absolute atomic E-state index is 12.8. The van der Waals surface area contributed by atoms with Crippen molar-refractivity contribution in [2.75, 3.05) is 5.01 Å². The molecular weight excluding hydrogens is 507 g/mol. The molecular formula is C24H15IN2O2S. The summed E-state index contributed by atoms with van der Waals surface area (Å²) in [6.07, 6.45) is 1.67. The fourth-order valence-electron chi connectivity index (χ4n) is 3.40. The molecule has 1 N–H and O–H groups in total. The highest BCUT2D eigenvalue weighted by molar-refractivity contribution is 14.1. The van der Waals surface area contributed by atoms with E-state index in [4.69, 9.17) is 0 Å². The summed E-state index contributed by atoms with van der Waals surface area (Å²) in [5.41, 5.74) is 4.54. The van der Waals surface area contributed by atoms with E-state index in [-0.39, 0.29) is 17.4 Å². The van der Waals surface area contributed by atoms with E-state index in [1.165, 1.54) is 15.8 Å². The number of hydrogen-bond donors (Lipinski definition) is 1. The molecule has 1 aliphatic heterocycles. The van der Waals surface area contributed by atoms with Crippen LogP contribution in [-0.4, -0.2) is 11.8 Å². The Hall–Kier alpha value is -2.97. The quantitative estimate of drug-likeness (QED) is 0.215. The van der Waals surface area contributed by atoms with Crippen LogP contribution in [0, 0.1) is 3.57 Å². The van der Waals surface area contributed by atoms with Gasteiger partial charge in [0.15, 0.2) is 0 Å². The Bertz CT molecular complexity index is 1320. The molecule has 0 spiro atoms. The first kappa shape index (κ1) is 19.0. The SMILES string of the molecule is O=C1NN(c2ccc(I)cc2)C(=O)/C1=C\c1ccc(-c2ccc3ccccc3c2)s1. The van der Waals surface area contributed by atoms with E-state index in [1.54, 1.807) is 17.4 Å². The maximum Gasteiger partial charge on any atom is 0.282 e. The zero-order valence-electron chi connectivity index (χ0n) is 15.6. The molecule has 30 heavy (non-hydrogen) atoms. The Morgan fingerprint density at radius 1 is 0.867 bits per heavy atom. The van der Waals surface area contributed by atoms with Crippen molar-refractivity contribution < 1.29 is 9.59 Å². The van der Waals surface area contributed by atoms with Crippen LogP contribution in [0.2, 0.25) is 0 Å². The summed E-state index contributed by atoms with van der Waals surface area (Å²) in [6, 6.07) is 26.0. The zero-order valence-corrected chi connectivity index (χ0v) is 18.6. The highest BCUT2D eigenvalue weighted by Crippen LogP contribution is 2.32. The average Bonchev–Trinajstić information content (AvgIpc) is 3.34. The maximum atomic E-state index is 12.8. The minimum absolute atomic E-state index is 0.139. The number of nitrogens with zero attached hydrogens (tertiary/aromatic N) is 1. The molecule has 0 saturated carbocycles. The molecule has 1 fully saturated rings. The third kappa shape index (κ3) is 3.53. The molecule has 0 radical (unpaired) electrons. The molecule has 0 unspecified atom stereocenters. The van der Waals surface area contributed by atoms with Crippen molar-refractivity contribution in [1.29, 1.82) is 0 Å². The van der Waals surface area contributed by atoms with Crippen molar-refractivity contribution in [3.05, 3.63) is 92.9 Å². The van der Waals surface area contributed by atoms with Gasteiger partial charge in [-0.2, -0.15) is 0 Å². The van der Waals surface area contributed by atoms with Gasteiger partial charge in [0.2, 0.25) is 0 Å². The second kappa shape index (κ2) is 7.70. The predicted octanol–water partition coefficient (Wildman–Crippen LogP) is 5.63. The van der Waals surface area contributed by atoms with Crippen LogP contribution >= 0.6 is 33.9 Å². The third-order valence-electron chi connectivity index (χ3n) is 4.92. The summed E-state index contributed by atoms with van der Waals surface area (Å²) < 4.78 is 1.06. The van der Waals surface area contributed by atoms with Gasteiger partial charge in [-0.05, 0) is 87.5 Å². The van der Waals surface area contributed by atoms with Crippen LogP contribution in [-0.2, 0) is 9.59 Å². The van der Waals surface area contributed by atoms with Crippen molar-refractivity contribution in [2.45, 2.75) is 0 Å². The highest BCUT2D eigenvalue weighted by Gasteiger charge is 2.34. The number of halogens is 1. The van der Waals surface area contributed by atoms with Crippen LogP contribution in [0.5, 0.6) is 0 Å². The van der Waals surface area contributed by atoms with Gasteiger partial charge in [-0.15, -0.1) is 11.3 Å². The number of rotatable bonds is 3. The molecule has 0 bridgehead atoms. The van der Waals surface area contributed by atoms with Crippen molar-refractivity contribution >= 4 is 68.3 Å². The van der Waals surface area contributed by atoms with E-state index < -0.39 is 0 Å². The monoisotopic (exact) mass is 522 g/mol. The number of amides is 2. The van der Waals surface area contributed by atoms with E-state index in [2.05, 4.69) is 58.3 Å². The summed E-state index contributed by atoms with van der Waals surface area (Å²) in [6.45, 7) is 0. The summed E-state index contributed by atoms with van der Waals surface area (Å²) in [5.74, 6) is -0.735. The second-order valence-electron chi connectivity index (χ2n) is 6.88. The number of carbonyl (C=O) groups is 2. The normalized spacial score (nSPS) is 15.2. The molecule has 6 heteroatoms. The summed E-state index contributed by atoms with van der Waals surface area (Å²) >= 11 is 3.76. The van der Waals surface area contributed by atoms with Gasteiger partial charge in [-0.3, -0.25) is 15.0 Å². The second-order valence-corrected chi connectivity index (χ2v) is 9.24. The fraction of sp³-hybridized carbons (Fsp3) is 0. The first-order valence-corrected chi connectivity index (χ1v) is 11.2. The van der Waals surface area contributed by atoms with E-state index in [0.29, 0.717) is 5.69 Å². The number of nitrogens with one attached hydrogen (secondary N) is 1. The van der Waals surface area contributed by atoms with Crippen molar-refractivity contribution in [3.8, 4) is 10.4 Å². The predicted molar refractivity (Wildman–Crippen MR) is 130 cm³/mol. The summed E-state index contributed by atoms with van der Waals surface area (Å²) in [4.78, 5) is 27.2. The van der Waals surface area contributed by atoms with Crippen LogP contribution in [0.25, 0.3) is 27.3 Å². The van der Waals surface area contributed by atoms with Gasteiger partial charge in [-0.1, -0.05) is 36.4 Å². The van der Waals surface area contributed by atoms with Crippen molar-refractivity contribution in [1.82, 2.24) is 5.43 Å². The van der Waals surface area contributed by atoms with Crippen LogP contribution in [0.4, 0.5) is 5.69 Å². The molecule has 0 atom stereocenters. The minimum Gasteiger partial charge on any atom is -0.267 e. The molecule has 5 rings (SSSR count). The minimum atomic E-state index is -0.390. The number of hydrogen-bond acceptors (Lipinski definition) is 3. The first-order valence-electron chi connectivity index (χ1n) is 9.30. The van der Waals surface area contributed by atoms with Crippen LogP contribution in [0.15, 0.2) is 84.4 Å². The molecule has 146 valence electrons. The zero-order chi connectivity index (χ0) is 20.7. The van der Waals surface area contributed by atoms with E-state index in [9.17, 15) is 9.59 Å². The molecule has 0 aliphatic carbocycles. The van der Waals surface area contributed by atoms with Gasteiger partial charge >= 0.3 is 0 Å². The molecule has 1 aliphatic rings. The number of thiophene rings is 1. The molecule has 4 nitrogen and oxygen atoms in total. The summed E-state index contributed by atoms with van der Waals surface area (Å²) in [5, 5.41) is 3.67. The highest BCUT2D eigenvalue weighted by atomic mass is 127. The van der Waals surface area contributed by atoms with Crippen LogP contribution in [0.3, 0.4) is 0 Å². The van der Waals surface area contributed by atoms with Gasteiger partial charge in [0.1, 0.15) is 5.57 Å². The van der Waals surface area contributed by atoms with Gasteiger partial charge in [0.05, 0.1) is 5.69 Å². The molecule has 4 aromatic rings. The standard InChI is InChI=1S/C24H15IN2O2S/c25-18-7-9-19(10-8-18)27-24(29)21(23(28)26-27)14-20-11-12-22(30-20)17-6-5-15-3-1-2-4-16(15)13-17/h1-14H,(H,26,28)/b21-14-. The molecule has 2 heterocycles. The lowest BCUT2D eigenvalue weighted by atomic mass is 10.1. The largest absolute Gasteiger partial charge is 0.282 e. The Balaban J connectivity index is 1.43. The number of benzene rings is 3. The lowest BCUT2D eigenvalue weighted by Gasteiger charge is -2.14. The Morgan fingerprint density at radius 3 is 2.43 bits per heavy atom. The van der Waals surface area contributed by atoms with Gasteiger partial charge in [0.25, 0.3) is 11.8 Å². The number of fused-ring (bicyclic) bond motifs is 1. The van der Waals surface area contributed by atoms with E-state index in [0.717, 1.165) is 18.9 Å². The summed E-state index contributed by atoms with van der Waals surface area (Å²) in [7, 11) is 0.